The van der Waals surface area contributed by atoms with Crippen molar-refractivity contribution in [2.24, 2.45) is 0 Å². The molecule has 5 nitrogen and oxygen atoms in total. The molecule has 3 rings (SSSR count). The molecule has 0 radical (unpaired) electrons. The number of nitrogens with one attached hydrogen (secondary N) is 3. The van der Waals surface area contributed by atoms with E-state index in [0.717, 1.165) is 30.0 Å². The molecular formula is C15H17N5. The zero-order chi connectivity index (χ0) is 13.8. The van der Waals surface area contributed by atoms with Gasteiger partial charge in [-0.15, -0.1) is 0 Å². The predicted molar refractivity (Wildman–Crippen MR) is 77.9 cm³/mol. The molecule has 0 aliphatic heterocycles. The van der Waals surface area contributed by atoms with Crippen molar-refractivity contribution >= 4 is 0 Å². The summed E-state index contributed by atoms with van der Waals surface area (Å²) >= 11 is 0. The van der Waals surface area contributed by atoms with E-state index in [0.29, 0.717) is 0 Å². The molecule has 0 amide bonds. The Balaban J connectivity index is 1.57. The molecule has 0 unspecified atom stereocenters. The number of benzene rings is 1. The van der Waals surface area contributed by atoms with Crippen LogP contribution >= 0.6 is 0 Å². The number of H-pyrrole nitrogens is 2. The first-order chi connectivity index (χ1) is 9.83. The molecule has 3 N–H and O–H groups in total. The number of aromatic amines is 2. The molecule has 0 aliphatic rings. The summed E-state index contributed by atoms with van der Waals surface area (Å²) in [5.74, 6) is 0. The van der Waals surface area contributed by atoms with Gasteiger partial charge in [0.05, 0.1) is 11.9 Å². The molecule has 0 fully saturated rings. The van der Waals surface area contributed by atoms with Crippen LogP contribution in [0.2, 0.25) is 0 Å². The zero-order valence-corrected chi connectivity index (χ0v) is 11.4. The fourth-order valence-corrected chi connectivity index (χ4v) is 2.11. The minimum absolute atomic E-state index is 0.824. The Morgan fingerprint density at radius 2 is 1.85 bits per heavy atom. The smallest absolute Gasteiger partial charge is 0.0650 e. The third-order valence-corrected chi connectivity index (χ3v) is 3.34. The summed E-state index contributed by atoms with van der Waals surface area (Å²) in [4.78, 5) is 0. The number of rotatable bonds is 5. The van der Waals surface area contributed by atoms with Crippen molar-refractivity contribution in [3.63, 3.8) is 0 Å². The standard InChI is InChI=1S/C15H17N5/c1-11-14(10-18-19-11)9-16-8-12-2-4-13(5-3-12)15-6-7-17-20-15/h2-7,10,16H,8-9H2,1H3,(H,17,20)(H,18,19). The number of hydrogen-bond acceptors (Lipinski definition) is 3. The number of aryl methyl sites for hydroxylation is 1. The Morgan fingerprint density at radius 1 is 1.00 bits per heavy atom. The van der Waals surface area contributed by atoms with E-state index in [1.165, 1.54) is 11.1 Å². The first kappa shape index (κ1) is 12.6. The Hall–Kier alpha value is -2.40. The second kappa shape index (κ2) is 5.71. The van der Waals surface area contributed by atoms with E-state index in [1.807, 2.05) is 19.2 Å². The van der Waals surface area contributed by atoms with Gasteiger partial charge in [0.2, 0.25) is 0 Å². The largest absolute Gasteiger partial charge is 0.308 e. The molecule has 0 spiro atoms. The third kappa shape index (κ3) is 2.78. The lowest BCUT2D eigenvalue weighted by Crippen LogP contribution is -2.12. The van der Waals surface area contributed by atoms with E-state index in [2.05, 4.69) is 50.0 Å². The van der Waals surface area contributed by atoms with E-state index in [1.54, 1.807) is 6.20 Å². The first-order valence-electron chi connectivity index (χ1n) is 6.61. The highest BCUT2D eigenvalue weighted by molar-refractivity contribution is 5.58. The first-order valence-corrected chi connectivity index (χ1v) is 6.61. The van der Waals surface area contributed by atoms with Gasteiger partial charge < -0.3 is 5.32 Å². The molecule has 102 valence electrons. The van der Waals surface area contributed by atoms with Crippen LogP contribution in [0.3, 0.4) is 0 Å². The van der Waals surface area contributed by atoms with Gasteiger partial charge in [0.15, 0.2) is 0 Å². The van der Waals surface area contributed by atoms with Crippen LogP contribution in [0.25, 0.3) is 11.3 Å². The SMILES string of the molecule is Cc1[nH]ncc1CNCc1ccc(-c2ccn[nH]2)cc1. The molecule has 2 aromatic heterocycles. The van der Waals surface area contributed by atoms with Crippen LogP contribution in [-0.4, -0.2) is 20.4 Å². The van der Waals surface area contributed by atoms with Crippen LogP contribution in [0, 0.1) is 6.92 Å². The highest BCUT2D eigenvalue weighted by atomic mass is 15.1. The lowest BCUT2D eigenvalue weighted by molar-refractivity contribution is 0.691. The predicted octanol–water partition coefficient (Wildman–Crippen LogP) is 2.40. The molecule has 0 saturated carbocycles. The number of aromatic nitrogens is 4. The van der Waals surface area contributed by atoms with Crippen LogP contribution in [0.4, 0.5) is 0 Å². The van der Waals surface area contributed by atoms with Crippen LogP contribution in [-0.2, 0) is 13.1 Å². The third-order valence-electron chi connectivity index (χ3n) is 3.34. The number of hydrogen-bond donors (Lipinski definition) is 3. The van der Waals surface area contributed by atoms with E-state index in [-0.39, 0.29) is 0 Å². The van der Waals surface area contributed by atoms with Gasteiger partial charge in [-0.05, 0) is 24.1 Å². The summed E-state index contributed by atoms with van der Waals surface area (Å²) in [5, 5.41) is 17.3. The number of nitrogens with zero attached hydrogens (tertiary/aromatic N) is 2. The summed E-state index contributed by atoms with van der Waals surface area (Å²) in [7, 11) is 0. The maximum Gasteiger partial charge on any atom is 0.0650 e. The highest BCUT2D eigenvalue weighted by Crippen LogP contribution is 2.16. The molecule has 0 saturated heterocycles. The summed E-state index contributed by atoms with van der Waals surface area (Å²) in [6.45, 7) is 3.70. The molecule has 20 heavy (non-hydrogen) atoms. The van der Waals surface area contributed by atoms with Gasteiger partial charge in [-0.25, -0.2) is 0 Å². The van der Waals surface area contributed by atoms with Crippen molar-refractivity contribution in [2.45, 2.75) is 20.0 Å². The molecule has 0 bridgehead atoms. The molecule has 2 heterocycles. The van der Waals surface area contributed by atoms with Crippen molar-refractivity contribution in [3.8, 4) is 11.3 Å². The minimum Gasteiger partial charge on any atom is -0.308 e. The summed E-state index contributed by atoms with van der Waals surface area (Å²) in [5.41, 5.74) is 5.77. The van der Waals surface area contributed by atoms with Crippen LogP contribution in [0.5, 0.6) is 0 Å². The summed E-state index contributed by atoms with van der Waals surface area (Å²) in [6, 6.07) is 10.4. The normalized spacial score (nSPS) is 10.8. The van der Waals surface area contributed by atoms with Crippen LogP contribution in [0.15, 0.2) is 42.7 Å². The van der Waals surface area contributed by atoms with Crippen molar-refractivity contribution in [1.29, 1.82) is 0 Å². The Kier molecular flexibility index (Phi) is 3.60. The zero-order valence-electron chi connectivity index (χ0n) is 11.4. The van der Waals surface area contributed by atoms with Crippen molar-refractivity contribution in [3.05, 3.63) is 59.5 Å². The van der Waals surface area contributed by atoms with E-state index in [4.69, 9.17) is 0 Å². The van der Waals surface area contributed by atoms with Crippen molar-refractivity contribution in [2.75, 3.05) is 0 Å². The van der Waals surface area contributed by atoms with Gasteiger partial charge in [0, 0.05) is 30.5 Å². The Labute approximate surface area is 117 Å². The molecule has 1 aromatic carbocycles. The fourth-order valence-electron chi connectivity index (χ4n) is 2.11. The van der Waals surface area contributed by atoms with Gasteiger partial charge in [-0.2, -0.15) is 10.2 Å². The van der Waals surface area contributed by atoms with Gasteiger partial charge in [-0.1, -0.05) is 24.3 Å². The quantitative estimate of drug-likeness (QED) is 0.665. The van der Waals surface area contributed by atoms with Crippen molar-refractivity contribution < 1.29 is 0 Å². The molecule has 0 aliphatic carbocycles. The van der Waals surface area contributed by atoms with E-state index >= 15 is 0 Å². The average Bonchev–Trinajstić information content (AvgIpc) is 3.12. The van der Waals surface area contributed by atoms with Crippen LogP contribution < -0.4 is 5.32 Å². The minimum atomic E-state index is 0.824. The van der Waals surface area contributed by atoms with E-state index in [9.17, 15) is 0 Å². The Bertz CT molecular complexity index is 652. The second-order valence-electron chi connectivity index (χ2n) is 4.79. The summed E-state index contributed by atoms with van der Waals surface area (Å²) < 4.78 is 0. The van der Waals surface area contributed by atoms with E-state index < -0.39 is 0 Å². The highest BCUT2D eigenvalue weighted by Gasteiger charge is 2.01. The fraction of sp³-hybridized carbons (Fsp3) is 0.200. The molecule has 0 atom stereocenters. The van der Waals surface area contributed by atoms with Crippen LogP contribution in [0.1, 0.15) is 16.8 Å². The average molecular weight is 267 g/mol. The van der Waals surface area contributed by atoms with Crippen molar-refractivity contribution in [1.82, 2.24) is 25.7 Å². The summed E-state index contributed by atoms with van der Waals surface area (Å²) in [6.07, 6.45) is 3.63. The second-order valence-corrected chi connectivity index (χ2v) is 4.79. The van der Waals surface area contributed by atoms with Gasteiger partial charge in [-0.3, -0.25) is 10.2 Å². The maximum atomic E-state index is 4.01. The molecular weight excluding hydrogens is 250 g/mol. The lowest BCUT2D eigenvalue weighted by Gasteiger charge is -2.05. The topological polar surface area (TPSA) is 69.4 Å². The maximum absolute atomic E-state index is 4.01. The monoisotopic (exact) mass is 267 g/mol. The van der Waals surface area contributed by atoms with Gasteiger partial charge >= 0.3 is 0 Å². The van der Waals surface area contributed by atoms with Gasteiger partial charge in [0.25, 0.3) is 0 Å². The molecule has 3 aromatic rings. The molecule has 5 heteroatoms. The Morgan fingerprint density at radius 3 is 2.50 bits per heavy atom. The lowest BCUT2D eigenvalue weighted by atomic mass is 10.1. The van der Waals surface area contributed by atoms with Gasteiger partial charge in [0.1, 0.15) is 0 Å².